The number of rotatable bonds is 7. The van der Waals surface area contributed by atoms with E-state index in [0.717, 1.165) is 34.7 Å². The largest absolute Gasteiger partial charge is 0.497 e. The Bertz CT molecular complexity index is 1160. The number of H-pyrrole nitrogens is 1. The first-order valence-corrected chi connectivity index (χ1v) is 10.3. The second-order valence-corrected chi connectivity index (χ2v) is 7.93. The van der Waals surface area contributed by atoms with Gasteiger partial charge in [0.25, 0.3) is 5.91 Å². The van der Waals surface area contributed by atoms with Crippen molar-refractivity contribution in [3.8, 4) is 11.4 Å². The molecule has 2 N–H and O–H groups in total. The maximum Gasteiger partial charge on any atom is 0.274 e. The van der Waals surface area contributed by atoms with Crippen molar-refractivity contribution in [2.45, 2.75) is 33.2 Å². The highest BCUT2D eigenvalue weighted by molar-refractivity contribution is 5.93. The quantitative estimate of drug-likeness (QED) is 0.473. The van der Waals surface area contributed by atoms with E-state index in [1.807, 2.05) is 55.5 Å². The lowest BCUT2D eigenvalue weighted by Gasteiger charge is -2.18. The Morgan fingerprint density at radius 2 is 1.90 bits per heavy atom. The van der Waals surface area contributed by atoms with Crippen LogP contribution in [0.5, 0.6) is 5.75 Å². The zero-order valence-electron chi connectivity index (χ0n) is 18.1. The summed E-state index contributed by atoms with van der Waals surface area (Å²) in [6.07, 6.45) is 0.747. The molecule has 1 atom stereocenters. The van der Waals surface area contributed by atoms with E-state index >= 15 is 0 Å². The molecule has 4 rings (SSSR count). The number of aromatic amines is 1. The molecule has 0 bridgehead atoms. The second kappa shape index (κ2) is 8.59. The number of methoxy groups -OCH3 is 1. The number of fused-ring (bicyclic) bond motifs is 1. The maximum absolute atomic E-state index is 13.1. The van der Waals surface area contributed by atoms with Crippen LogP contribution in [0, 0.1) is 12.8 Å². The summed E-state index contributed by atoms with van der Waals surface area (Å²) >= 11 is 0. The van der Waals surface area contributed by atoms with Gasteiger partial charge in [-0.1, -0.05) is 31.2 Å². The molecule has 0 saturated heterocycles. The normalized spacial score (nSPS) is 12.3. The second-order valence-electron chi connectivity index (χ2n) is 7.93. The van der Waals surface area contributed by atoms with Crippen LogP contribution in [-0.4, -0.2) is 38.0 Å². The molecule has 0 aliphatic heterocycles. The smallest absolute Gasteiger partial charge is 0.274 e. The lowest BCUT2D eigenvalue weighted by Crippen LogP contribution is -2.31. The number of imidazole rings is 1. The number of carbonyl (C=O) groups is 1. The molecule has 8 nitrogen and oxygen atoms in total. The minimum atomic E-state index is -0.275. The van der Waals surface area contributed by atoms with E-state index in [4.69, 9.17) is 4.74 Å². The van der Waals surface area contributed by atoms with Crippen molar-refractivity contribution in [1.82, 2.24) is 30.3 Å². The number of hydrogen-bond acceptors (Lipinski definition) is 5. The molecule has 160 valence electrons. The molecule has 8 heteroatoms. The number of benzene rings is 2. The molecule has 4 aromatic rings. The number of aromatic nitrogens is 5. The molecule has 0 aliphatic rings. The average molecular weight is 419 g/mol. The first-order chi connectivity index (χ1) is 15.0. The first kappa shape index (κ1) is 20.6. The predicted octanol–water partition coefficient (Wildman–Crippen LogP) is 3.98. The van der Waals surface area contributed by atoms with Crippen molar-refractivity contribution in [2.75, 3.05) is 7.11 Å². The molecule has 2 aromatic carbocycles. The van der Waals surface area contributed by atoms with Gasteiger partial charge in [-0.05, 0) is 55.7 Å². The van der Waals surface area contributed by atoms with Gasteiger partial charge in [0.2, 0.25) is 0 Å². The standard InChI is InChI=1S/C23H26N6O2/c1-14(2)13-20(22-24-18-7-5-6-8-19(18)25-22)26-23(30)21-15(3)29(28-27-21)16-9-11-17(31-4)12-10-16/h5-12,14,20H,13H2,1-4H3,(H,24,25)(H,26,30). The monoisotopic (exact) mass is 418 g/mol. The molecule has 0 aliphatic carbocycles. The van der Waals surface area contributed by atoms with Crippen molar-refractivity contribution in [2.24, 2.45) is 5.92 Å². The Morgan fingerprint density at radius 1 is 1.16 bits per heavy atom. The van der Waals surface area contributed by atoms with Crippen LogP contribution in [0.3, 0.4) is 0 Å². The minimum absolute atomic E-state index is 0.259. The average Bonchev–Trinajstić information content (AvgIpc) is 3.36. The third kappa shape index (κ3) is 4.28. The molecule has 0 spiro atoms. The van der Waals surface area contributed by atoms with Crippen molar-refractivity contribution < 1.29 is 9.53 Å². The van der Waals surface area contributed by atoms with Gasteiger partial charge in [0.1, 0.15) is 11.6 Å². The summed E-state index contributed by atoms with van der Waals surface area (Å²) in [7, 11) is 1.62. The minimum Gasteiger partial charge on any atom is -0.497 e. The zero-order chi connectivity index (χ0) is 22.0. The summed E-state index contributed by atoms with van der Waals surface area (Å²) in [5, 5.41) is 11.4. The van der Waals surface area contributed by atoms with Crippen molar-refractivity contribution in [3.63, 3.8) is 0 Å². The predicted molar refractivity (Wildman–Crippen MR) is 118 cm³/mol. The molecular formula is C23H26N6O2. The SMILES string of the molecule is COc1ccc(-n2nnc(C(=O)NC(CC(C)C)c3nc4ccccc4[nH]3)c2C)cc1. The van der Waals surface area contributed by atoms with E-state index in [0.29, 0.717) is 17.3 Å². The third-order valence-corrected chi connectivity index (χ3v) is 5.18. The molecule has 0 radical (unpaired) electrons. The van der Waals surface area contributed by atoms with Gasteiger partial charge in [-0.25, -0.2) is 9.67 Å². The van der Waals surface area contributed by atoms with Crippen LogP contribution in [0.15, 0.2) is 48.5 Å². The van der Waals surface area contributed by atoms with Crippen LogP contribution in [0.25, 0.3) is 16.7 Å². The number of carbonyl (C=O) groups excluding carboxylic acids is 1. The Kier molecular flexibility index (Phi) is 5.70. The molecule has 2 aromatic heterocycles. The number of nitrogens with one attached hydrogen (secondary N) is 2. The number of amides is 1. The third-order valence-electron chi connectivity index (χ3n) is 5.18. The first-order valence-electron chi connectivity index (χ1n) is 10.3. The van der Waals surface area contributed by atoms with Crippen LogP contribution in [0.4, 0.5) is 0 Å². The van der Waals surface area contributed by atoms with E-state index < -0.39 is 0 Å². The number of nitrogens with zero attached hydrogens (tertiary/aromatic N) is 4. The molecule has 2 heterocycles. The summed E-state index contributed by atoms with van der Waals surface area (Å²) in [5.41, 5.74) is 3.58. The van der Waals surface area contributed by atoms with Gasteiger partial charge in [-0.15, -0.1) is 5.10 Å². The van der Waals surface area contributed by atoms with Gasteiger partial charge in [-0.2, -0.15) is 0 Å². The number of para-hydroxylation sites is 2. The van der Waals surface area contributed by atoms with E-state index in [1.54, 1.807) is 11.8 Å². The molecule has 1 unspecified atom stereocenters. The summed E-state index contributed by atoms with van der Waals surface area (Å²) in [6.45, 7) is 6.07. The van der Waals surface area contributed by atoms with Gasteiger partial charge in [0.05, 0.1) is 35.6 Å². The van der Waals surface area contributed by atoms with Crippen LogP contribution in [0.2, 0.25) is 0 Å². The number of hydrogen-bond donors (Lipinski definition) is 2. The molecular weight excluding hydrogens is 392 g/mol. The fourth-order valence-corrected chi connectivity index (χ4v) is 3.58. The molecule has 1 amide bonds. The summed E-state index contributed by atoms with van der Waals surface area (Å²) in [4.78, 5) is 21.1. The summed E-state index contributed by atoms with van der Waals surface area (Å²) in [5.74, 6) is 1.59. The van der Waals surface area contributed by atoms with E-state index in [-0.39, 0.29) is 11.9 Å². The maximum atomic E-state index is 13.1. The van der Waals surface area contributed by atoms with Crippen molar-refractivity contribution in [3.05, 3.63) is 65.7 Å². The summed E-state index contributed by atoms with van der Waals surface area (Å²) in [6, 6.07) is 15.0. The number of ether oxygens (including phenoxy) is 1. The highest BCUT2D eigenvalue weighted by Crippen LogP contribution is 2.23. The van der Waals surface area contributed by atoms with Crippen molar-refractivity contribution in [1.29, 1.82) is 0 Å². The van der Waals surface area contributed by atoms with E-state index in [9.17, 15) is 4.79 Å². The van der Waals surface area contributed by atoms with Gasteiger partial charge >= 0.3 is 0 Å². The molecule has 0 saturated carbocycles. The van der Waals surface area contributed by atoms with E-state index in [1.165, 1.54) is 0 Å². The Labute approximate surface area is 180 Å². The zero-order valence-corrected chi connectivity index (χ0v) is 18.1. The molecule has 31 heavy (non-hydrogen) atoms. The summed E-state index contributed by atoms with van der Waals surface area (Å²) < 4.78 is 6.85. The lowest BCUT2D eigenvalue weighted by molar-refractivity contribution is 0.0924. The topological polar surface area (TPSA) is 97.7 Å². The van der Waals surface area contributed by atoms with Gasteiger partial charge in [-0.3, -0.25) is 4.79 Å². The van der Waals surface area contributed by atoms with Gasteiger partial charge in [0, 0.05) is 0 Å². The fraction of sp³-hybridized carbons (Fsp3) is 0.304. The Balaban J connectivity index is 1.59. The Hall–Kier alpha value is -3.68. The van der Waals surface area contributed by atoms with Gasteiger partial charge < -0.3 is 15.0 Å². The van der Waals surface area contributed by atoms with Crippen LogP contribution in [0.1, 0.15) is 48.3 Å². The Morgan fingerprint density at radius 3 is 2.58 bits per heavy atom. The lowest BCUT2D eigenvalue weighted by atomic mass is 10.0. The van der Waals surface area contributed by atoms with Crippen LogP contribution in [-0.2, 0) is 0 Å². The highest BCUT2D eigenvalue weighted by atomic mass is 16.5. The highest BCUT2D eigenvalue weighted by Gasteiger charge is 2.24. The van der Waals surface area contributed by atoms with Gasteiger partial charge in [0.15, 0.2) is 5.69 Å². The van der Waals surface area contributed by atoms with Crippen molar-refractivity contribution >= 4 is 16.9 Å². The van der Waals surface area contributed by atoms with Crippen LogP contribution >= 0.6 is 0 Å². The fourth-order valence-electron chi connectivity index (χ4n) is 3.58. The van der Waals surface area contributed by atoms with E-state index in [2.05, 4.69) is 39.4 Å². The van der Waals surface area contributed by atoms with Crippen LogP contribution < -0.4 is 10.1 Å². The molecule has 0 fully saturated rings.